The zero-order valence-corrected chi connectivity index (χ0v) is 11.4. The molecule has 21 heavy (non-hydrogen) atoms. The Morgan fingerprint density at radius 2 is 2.14 bits per heavy atom. The van der Waals surface area contributed by atoms with Crippen LogP contribution in [-0.4, -0.2) is 20.5 Å². The molecular weight excluding hydrogens is 264 g/mol. The first kappa shape index (κ1) is 12.9. The van der Waals surface area contributed by atoms with Gasteiger partial charge in [-0.15, -0.1) is 0 Å². The molecule has 1 N–H and O–H groups in total. The van der Waals surface area contributed by atoms with Crippen molar-refractivity contribution in [3.63, 3.8) is 0 Å². The van der Waals surface area contributed by atoms with Crippen molar-refractivity contribution in [3.05, 3.63) is 60.0 Å². The highest BCUT2D eigenvalue weighted by molar-refractivity contribution is 5.88. The molecule has 0 radical (unpaired) electrons. The van der Waals surface area contributed by atoms with E-state index in [0.717, 1.165) is 16.9 Å². The number of amides is 1. The normalized spacial score (nSPS) is 9.95. The number of aromatic nitrogens is 3. The van der Waals surface area contributed by atoms with Crippen LogP contribution in [0.15, 0.2) is 48.8 Å². The second-order valence-corrected chi connectivity index (χ2v) is 4.46. The zero-order chi connectivity index (χ0) is 14.7. The molecule has 1 aromatic carbocycles. The predicted molar refractivity (Wildman–Crippen MR) is 79.7 cm³/mol. The number of anilines is 1. The van der Waals surface area contributed by atoms with Crippen LogP contribution in [0.5, 0.6) is 0 Å². The largest absolute Gasteiger partial charge is 0.326 e. The molecule has 0 atom stereocenters. The Hall–Kier alpha value is -3.13. The van der Waals surface area contributed by atoms with E-state index in [1.165, 1.54) is 6.92 Å². The predicted octanol–water partition coefficient (Wildman–Crippen LogP) is 2.09. The fraction of sp³-hybridized carbons (Fsp3) is 0.0625. The standard InChI is InChI=1S/C16H12N4O/c1-12(21)18-15-4-2-3-13(11-15)5-6-14-8-10-20-16(19-14)7-9-17-20/h2-4,7-11H,1H3,(H,18,21). The summed E-state index contributed by atoms with van der Waals surface area (Å²) >= 11 is 0. The molecule has 0 unspecified atom stereocenters. The van der Waals surface area contributed by atoms with E-state index in [1.54, 1.807) is 10.7 Å². The molecule has 0 aliphatic carbocycles. The molecule has 5 nitrogen and oxygen atoms in total. The minimum atomic E-state index is -0.104. The second kappa shape index (κ2) is 5.47. The minimum Gasteiger partial charge on any atom is -0.326 e. The molecule has 2 heterocycles. The van der Waals surface area contributed by atoms with Crippen molar-refractivity contribution in [3.8, 4) is 11.8 Å². The van der Waals surface area contributed by atoms with E-state index in [1.807, 2.05) is 42.6 Å². The van der Waals surface area contributed by atoms with Gasteiger partial charge in [0.15, 0.2) is 5.65 Å². The molecule has 5 heteroatoms. The summed E-state index contributed by atoms with van der Waals surface area (Å²) in [7, 11) is 0. The van der Waals surface area contributed by atoms with E-state index in [2.05, 4.69) is 27.2 Å². The first-order valence-corrected chi connectivity index (χ1v) is 6.41. The van der Waals surface area contributed by atoms with Gasteiger partial charge in [-0.2, -0.15) is 5.10 Å². The molecule has 0 saturated heterocycles. The summed E-state index contributed by atoms with van der Waals surface area (Å²) in [5.41, 5.74) is 2.98. The number of nitrogens with zero attached hydrogens (tertiary/aromatic N) is 3. The van der Waals surface area contributed by atoms with Crippen molar-refractivity contribution in [2.75, 3.05) is 5.32 Å². The van der Waals surface area contributed by atoms with Crippen LogP contribution >= 0.6 is 0 Å². The van der Waals surface area contributed by atoms with Gasteiger partial charge in [0.05, 0.1) is 6.20 Å². The Bertz CT molecular complexity index is 870. The number of nitrogens with one attached hydrogen (secondary N) is 1. The first-order chi connectivity index (χ1) is 10.2. The number of benzene rings is 1. The lowest BCUT2D eigenvalue weighted by Gasteiger charge is -2.01. The van der Waals surface area contributed by atoms with Crippen LogP contribution in [0, 0.1) is 11.8 Å². The molecule has 3 aromatic rings. The summed E-state index contributed by atoms with van der Waals surface area (Å²) in [4.78, 5) is 15.4. The van der Waals surface area contributed by atoms with Gasteiger partial charge in [0, 0.05) is 30.4 Å². The lowest BCUT2D eigenvalue weighted by Crippen LogP contribution is -2.05. The molecule has 0 saturated carbocycles. The molecule has 3 rings (SSSR count). The van der Waals surface area contributed by atoms with Crippen molar-refractivity contribution < 1.29 is 4.79 Å². The maximum Gasteiger partial charge on any atom is 0.221 e. The van der Waals surface area contributed by atoms with Crippen molar-refractivity contribution in [1.29, 1.82) is 0 Å². The Morgan fingerprint density at radius 1 is 1.24 bits per heavy atom. The molecule has 0 aliphatic rings. The van der Waals surface area contributed by atoms with Crippen LogP contribution in [0.1, 0.15) is 18.2 Å². The zero-order valence-electron chi connectivity index (χ0n) is 11.4. The van der Waals surface area contributed by atoms with Crippen molar-refractivity contribution in [1.82, 2.24) is 14.6 Å². The maximum atomic E-state index is 11.0. The first-order valence-electron chi connectivity index (χ1n) is 6.41. The highest BCUT2D eigenvalue weighted by atomic mass is 16.1. The van der Waals surface area contributed by atoms with Gasteiger partial charge in [-0.05, 0) is 30.2 Å². The minimum absolute atomic E-state index is 0.104. The van der Waals surface area contributed by atoms with Gasteiger partial charge in [0.1, 0.15) is 5.69 Å². The number of carbonyl (C=O) groups is 1. The number of hydrogen-bond acceptors (Lipinski definition) is 3. The van der Waals surface area contributed by atoms with E-state index in [-0.39, 0.29) is 5.91 Å². The topological polar surface area (TPSA) is 59.3 Å². The molecule has 0 spiro atoms. The van der Waals surface area contributed by atoms with Gasteiger partial charge in [-0.1, -0.05) is 12.0 Å². The molecule has 102 valence electrons. The number of fused-ring (bicyclic) bond motifs is 1. The van der Waals surface area contributed by atoms with Crippen molar-refractivity contribution in [2.24, 2.45) is 0 Å². The van der Waals surface area contributed by atoms with Crippen LogP contribution in [0.4, 0.5) is 5.69 Å². The van der Waals surface area contributed by atoms with Crippen LogP contribution in [-0.2, 0) is 4.79 Å². The highest BCUT2D eigenvalue weighted by Crippen LogP contribution is 2.09. The third kappa shape index (κ3) is 3.07. The molecule has 0 bridgehead atoms. The lowest BCUT2D eigenvalue weighted by molar-refractivity contribution is -0.114. The summed E-state index contributed by atoms with van der Waals surface area (Å²) in [6.45, 7) is 1.48. The van der Waals surface area contributed by atoms with E-state index in [4.69, 9.17) is 0 Å². The Kier molecular flexibility index (Phi) is 3.36. The van der Waals surface area contributed by atoms with Gasteiger partial charge in [-0.25, -0.2) is 9.50 Å². The van der Waals surface area contributed by atoms with Gasteiger partial charge >= 0.3 is 0 Å². The summed E-state index contributed by atoms with van der Waals surface area (Å²) in [5, 5.41) is 6.81. The number of hydrogen-bond donors (Lipinski definition) is 1. The van der Waals surface area contributed by atoms with Gasteiger partial charge in [0.2, 0.25) is 5.91 Å². The Morgan fingerprint density at radius 3 is 3.00 bits per heavy atom. The fourth-order valence-corrected chi connectivity index (χ4v) is 1.90. The second-order valence-electron chi connectivity index (χ2n) is 4.46. The van der Waals surface area contributed by atoms with Crippen LogP contribution in [0.25, 0.3) is 5.65 Å². The Labute approximate surface area is 121 Å². The Balaban J connectivity index is 1.87. The molecular formula is C16H12N4O. The molecule has 2 aromatic heterocycles. The molecule has 1 amide bonds. The van der Waals surface area contributed by atoms with E-state index < -0.39 is 0 Å². The summed E-state index contributed by atoms with van der Waals surface area (Å²) in [5.74, 6) is 5.94. The van der Waals surface area contributed by atoms with Gasteiger partial charge in [0.25, 0.3) is 0 Å². The number of carbonyl (C=O) groups excluding carboxylic acids is 1. The fourth-order valence-electron chi connectivity index (χ4n) is 1.90. The van der Waals surface area contributed by atoms with E-state index in [9.17, 15) is 4.79 Å². The third-order valence-corrected chi connectivity index (χ3v) is 2.78. The van der Waals surface area contributed by atoms with Crippen molar-refractivity contribution >= 4 is 17.2 Å². The monoisotopic (exact) mass is 276 g/mol. The summed E-state index contributed by atoms with van der Waals surface area (Å²) < 4.78 is 1.68. The quantitative estimate of drug-likeness (QED) is 0.692. The summed E-state index contributed by atoms with van der Waals surface area (Å²) in [6.07, 6.45) is 3.51. The van der Waals surface area contributed by atoms with Crippen LogP contribution in [0.3, 0.4) is 0 Å². The van der Waals surface area contributed by atoms with Gasteiger partial charge in [-0.3, -0.25) is 4.79 Å². The van der Waals surface area contributed by atoms with E-state index in [0.29, 0.717) is 5.69 Å². The maximum absolute atomic E-state index is 11.0. The average Bonchev–Trinajstić information content (AvgIpc) is 2.92. The molecule has 0 fully saturated rings. The van der Waals surface area contributed by atoms with Gasteiger partial charge < -0.3 is 5.32 Å². The number of rotatable bonds is 1. The molecule has 0 aliphatic heterocycles. The average molecular weight is 276 g/mol. The van der Waals surface area contributed by atoms with E-state index >= 15 is 0 Å². The highest BCUT2D eigenvalue weighted by Gasteiger charge is 1.97. The summed E-state index contributed by atoms with van der Waals surface area (Å²) in [6, 6.07) is 11.0. The van der Waals surface area contributed by atoms with Crippen LogP contribution in [0.2, 0.25) is 0 Å². The van der Waals surface area contributed by atoms with Crippen LogP contribution < -0.4 is 5.32 Å². The smallest absolute Gasteiger partial charge is 0.221 e. The SMILES string of the molecule is CC(=O)Nc1cccc(C#Cc2ccn3nccc3n2)c1. The lowest BCUT2D eigenvalue weighted by atomic mass is 10.2. The van der Waals surface area contributed by atoms with Crippen molar-refractivity contribution in [2.45, 2.75) is 6.92 Å². The third-order valence-electron chi connectivity index (χ3n) is 2.78.